The molecule has 1 aromatic carbocycles. The maximum Gasteiger partial charge on any atom is 0.283 e. The Bertz CT molecular complexity index is 851. The Morgan fingerprint density at radius 2 is 1.78 bits per heavy atom. The highest BCUT2D eigenvalue weighted by atomic mass is 35.5. The topological polar surface area (TPSA) is 85.4 Å². The smallest absolute Gasteiger partial charge is 0.283 e. The van der Waals surface area contributed by atoms with Gasteiger partial charge in [-0.2, -0.15) is 0 Å². The monoisotopic (exact) mass is 394 g/mol. The number of ether oxygens (including phenoxy) is 1. The fraction of sp³-hybridized carbons (Fsp3) is 0.0769. The maximum atomic E-state index is 12.3. The number of nitrogens with one attached hydrogen (secondary N) is 1. The van der Waals surface area contributed by atoms with Crippen molar-refractivity contribution in [2.24, 2.45) is 0 Å². The second-order valence-corrected chi connectivity index (χ2v) is 7.02. The lowest BCUT2D eigenvalue weighted by atomic mass is 10.3. The third kappa shape index (κ3) is 4.06. The number of halogens is 3. The van der Waals surface area contributed by atoms with Crippen LogP contribution in [0.4, 0.5) is 0 Å². The third-order valence-electron chi connectivity index (χ3n) is 2.65. The number of amides is 1. The van der Waals surface area contributed by atoms with Crippen molar-refractivity contribution in [2.45, 2.75) is 4.90 Å². The number of pyridine rings is 1. The van der Waals surface area contributed by atoms with Gasteiger partial charge in [-0.25, -0.2) is 18.1 Å². The molecule has 0 atom stereocenters. The molecule has 10 heteroatoms. The number of hydrogen-bond donors (Lipinski definition) is 1. The van der Waals surface area contributed by atoms with Gasteiger partial charge in [0.1, 0.15) is 21.5 Å². The molecule has 0 aliphatic carbocycles. The van der Waals surface area contributed by atoms with E-state index < -0.39 is 20.8 Å². The summed E-state index contributed by atoms with van der Waals surface area (Å²) in [5.74, 6) is -0.745. The molecule has 2 aromatic rings. The molecule has 0 fully saturated rings. The van der Waals surface area contributed by atoms with E-state index in [1.165, 1.54) is 37.4 Å². The standard InChI is InChI=1S/C13H9Cl3N2O4S/c1-22-7-5-10(17-11(16)6-7)13(19)18-23(20,21)12-8(14)3-2-4-9(12)15/h2-6H,1H3,(H,18,19). The summed E-state index contributed by atoms with van der Waals surface area (Å²) in [4.78, 5) is 15.5. The second-order valence-electron chi connectivity index (χ2n) is 4.20. The first-order valence-corrected chi connectivity index (χ1v) is 8.59. The van der Waals surface area contributed by atoms with Crippen LogP contribution in [-0.2, 0) is 10.0 Å². The van der Waals surface area contributed by atoms with Gasteiger partial charge in [0.2, 0.25) is 0 Å². The number of hydrogen-bond acceptors (Lipinski definition) is 5. The van der Waals surface area contributed by atoms with Gasteiger partial charge in [-0.15, -0.1) is 0 Å². The number of rotatable bonds is 4. The van der Waals surface area contributed by atoms with E-state index in [0.717, 1.165) is 0 Å². The summed E-state index contributed by atoms with van der Waals surface area (Å²) in [5.41, 5.74) is -0.235. The van der Waals surface area contributed by atoms with Crippen molar-refractivity contribution in [3.05, 3.63) is 51.2 Å². The Kier molecular flexibility index (Phi) is 5.36. The lowest BCUT2D eigenvalue weighted by Crippen LogP contribution is -2.31. The fourth-order valence-electron chi connectivity index (χ4n) is 1.67. The number of aromatic nitrogens is 1. The Morgan fingerprint density at radius 3 is 2.35 bits per heavy atom. The van der Waals surface area contributed by atoms with Crippen molar-refractivity contribution in [1.29, 1.82) is 0 Å². The average Bonchev–Trinajstić information content (AvgIpc) is 2.45. The van der Waals surface area contributed by atoms with Gasteiger partial charge in [0, 0.05) is 12.1 Å². The first-order chi connectivity index (χ1) is 10.7. The molecule has 0 spiro atoms. The van der Waals surface area contributed by atoms with E-state index in [0.29, 0.717) is 0 Å². The number of methoxy groups -OCH3 is 1. The van der Waals surface area contributed by atoms with Gasteiger partial charge in [0.25, 0.3) is 15.9 Å². The van der Waals surface area contributed by atoms with Crippen molar-refractivity contribution in [3.8, 4) is 5.75 Å². The van der Waals surface area contributed by atoms with Crippen molar-refractivity contribution < 1.29 is 17.9 Å². The van der Waals surface area contributed by atoms with Crippen LogP contribution in [0.3, 0.4) is 0 Å². The van der Waals surface area contributed by atoms with Crippen LogP contribution in [0.5, 0.6) is 5.75 Å². The normalized spacial score (nSPS) is 11.1. The highest BCUT2D eigenvalue weighted by Crippen LogP contribution is 2.29. The van der Waals surface area contributed by atoms with Crippen LogP contribution in [0.25, 0.3) is 0 Å². The molecule has 0 aliphatic heterocycles. The zero-order chi connectivity index (χ0) is 17.2. The van der Waals surface area contributed by atoms with E-state index in [-0.39, 0.29) is 26.6 Å². The van der Waals surface area contributed by atoms with Crippen molar-refractivity contribution in [2.75, 3.05) is 7.11 Å². The van der Waals surface area contributed by atoms with E-state index in [9.17, 15) is 13.2 Å². The van der Waals surface area contributed by atoms with Crippen molar-refractivity contribution >= 4 is 50.7 Å². The zero-order valence-electron chi connectivity index (χ0n) is 11.5. The molecule has 6 nitrogen and oxygen atoms in total. The molecule has 122 valence electrons. The van der Waals surface area contributed by atoms with Gasteiger partial charge in [-0.1, -0.05) is 40.9 Å². The minimum Gasteiger partial charge on any atom is -0.497 e. The van der Waals surface area contributed by atoms with E-state index in [1.807, 2.05) is 4.72 Å². The van der Waals surface area contributed by atoms with Crippen molar-refractivity contribution in [1.82, 2.24) is 9.71 Å². The van der Waals surface area contributed by atoms with Gasteiger partial charge >= 0.3 is 0 Å². The fourth-order valence-corrected chi connectivity index (χ4v) is 3.98. The SMILES string of the molecule is COc1cc(Cl)nc(C(=O)NS(=O)(=O)c2c(Cl)cccc2Cl)c1. The molecular weight excluding hydrogens is 387 g/mol. The number of sulfonamides is 1. The molecule has 1 heterocycles. The van der Waals surface area contributed by atoms with Crippen LogP contribution in [0.2, 0.25) is 15.2 Å². The van der Waals surface area contributed by atoms with E-state index in [4.69, 9.17) is 39.5 Å². The molecule has 1 amide bonds. The van der Waals surface area contributed by atoms with Crippen LogP contribution in [0, 0.1) is 0 Å². The molecule has 23 heavy (non-hydrogen) atoms. The third-order valence-corrected chi connectivity index (χ3v) is 5.13. The largest absolute Gasteiger partial charge is 0.497 e. The molecule has 2 rings (SSSR count). The van der Waals surface area contributed by atoms with E-state index in [2.05, 4.69) is 4.98 Å². The molecule has 0 bridgehead atoms. The van der Waals surface area contributed by atoms with Crippen LogP contribution >= 0.6 is 34.8 Å². The van der Waals surface area contributed by atoms with Gasteiger partial charge in [-0.05, 0) is 12.1 Å². The first kappa shape index (κ1) is 17.8. The molecule has 0 aliphatic rings. The molecule has 1 N–H and O–H groups in total. The predicted octanol–water partition coefficient (Wildman–Crippen LogP) is 3.17. The number of carbonyl (C=O) groups excluding carboxylic acids is 1. The highest BCUT2D eigenvalue weighted by Gasteiger charge is 2.25. The lowest BCUT2D eigenvalue weighted by Gasteiger charge is -2.10. The summed E-state index contributed by atoms with van der Waals surface area (Å²) >= 11 is 17.4. The quantitative estimate of drug-likeness (QED) is 0.804. The minimum absolute atomic E-state index is 0.0253. The number of carbonyl (C=O) groups is 1. The molecular formula is C13H9Cl3N2O4S. The molecule has 0 unspecified atom stereocenters. The Hall–Kier alpha value is -1.54. The highest BCUT2D eigenvalue weighted by molar-refractivity contribution is 7.90. The first-order valence-electron chi connectivity index (χ1n) is 5.97. The van der Waals surface area contributed by atoms with Gasteiger partial charge in [-0.3, -0.25) is 4.79 Å². The predicted molar refractivity (Wildman–Crippen MR) is 86.9 cm³/mol. The summed E-state index contributed by atoms with van der Waals surface area (Å²) in [6.07, 6.45) is 0. The van der Waals surface area contributed by atoms with E-state index >= 15 is 0 Å². The molecule has 0 saturated heterocycles. The number of nitrogens with zero attached hydrogens (tertiary/aromatic N) is 1. The second kappa shape index (κ2) is 6.92. The molecule has 0 radical (unpaired) electrons. The molecule has 0 saturated carbocycles. The van der Waals surface area contributed by atoms with Crippen LogP contribution in [0.1, 0.15) is 10.5 Å². The number of benzene rings is 1. The maximum absolute atomic E-state index is 12.3. The summed E-state index contributed by atoms with van der Waals surface area (Å²) in [6, 6.07) is 6.78. The zero-order valence-corrected chi connectivity index (χ0v) is 14.6. The Balaban J connectivity index is 2.38. The lowest BCUT2D eigenvalue weighted by molar-refractivity contribution is 0.0976. The van der Waals surface area contributed by atoms with Gasteiger partial charge in [0.15, 0.2) is 0 Å². The van der Waals surface area contributed by atoms with Crippen LogP contribution in [-0.4, -0.2) is 26.4 Å². The average molecular weight is 396 g/mol. The van der Waals surface area contributed by atoms with E-state index in [1.54, 1.807) is 0 Å². The minimum atomic E-state index is -4.29. The summed E-state index contributed by atoms with van der Waals surface area (Å²) in [7, 11) is -2.92. The van der Waals surface area contributed by atoms with Crippen molar-refractivity contribution in [3.63, 3.8) is 0 Å². The van der Waals surface area contributed by atoms with Gasteiger partial charge in [0.05, 0.1) is 17.2 Å². The summed E-state index contributed by atoms with van der Waals surface area (Å²) in [5, 5.41) is -0.258. The summed E-state index contributed by atoms with van der Waals surface area (Å²) < 4.78 is 31.4. The summed E-state index contributed by atoms with van der Waals surface area (Å²) in [6.45, 7) is 0. The van der Waals surface area contributed by atoms with Crippen LogP contribution < -0.4 is 9.46 Å². The Labute approximate surface area is 147 Å². The van der Waals surface area contributed by atoms with Gasteiger partial charge < -0.3 is 4.74 Å². The Morgan fingerprint density at radius 1 is 1.17 bits per heavy atom. The van der Waals surface area contributed by atoms with Crippen LogP contribution in [0.15, 0.2) is 35.2 Å². The molecule has 1 aromatic heterocycles.